The lowest BCUT2D eigenvalue weighted by Gasteiger charge is -2.15. The van der Waals surface area contributed by atoms with Gasteiger partial charge in [-0.2, -0.15) is 0 Å². The molecule has 162 valence electrons. The van der Waals surface area contributed by atoms with Crippen LogP contribution >= 0.6 is 11.8 Å². The molecule has 3 N–H and O–H groups in total. The van der Waals surface area contributed by atoms with Crippen molar-refractivity contribution in [1.82, 2.24) is 0 Å². The van der Waals surface area contributed by atoms with Gasteiger partial charge in [0.1, 0.15) is 5.75 Å². The van der Waals surface area contributed by atoms with Gasteiger partial charge in [0.2, 0.25) is 5.91 Å². The fourth-order valence-corrected chi connectivity index (χ4v) is 5.24. The third-order valence-corrected chi connectivity index (χ3v) is 7.10. The zero-order valence-corrected chi connectivity index (χ0v) is 18.7. The van der Waals surface area contributed by atoms with Crippen molar-refractivity contribution in [1.29, 1.82) is 0 Å². The van der Waals surface area contributed by atoms with E-state index >= 15 is 0 Å². The number of phenolic OH excluding ortho intramolecular Hbond substituents is 1. The molecular formula is C24H20N2O4S2. The molecule has 4 rings (SSSR count). The van der Waals surface area contributed by atoms with Crippen LogP contribution < -0.4 is 10.0 Å². The Morgan fingerprint density at radius 1 is 0.875 bits per heavy atom. The summed E-state index contributed by atoms with van der Waals surface area (Å²) in [6.07, 6.45) is 0. The average molecular weight is 465 g/mol. The van der Waals surface area contributed by atoms with E-state index in [9.17, 15) is 18.3 Å². The van der Waals surface area contributed by atoms with Gasteiger partial charge in [-0.05, 0) is 42.5 Å². The van der Waals surface area contributed by atoms with E-state index in [1.54, 1.807) is 30.3 Å². The third-order valence-electron chi connectivity index (χ3n) is 4.68. The van der Waals surface area contributed by atoms with Gasteiger partial charge in [0.25, 0.3) is 10.0 Å². The Morgan fingerprint density at radius 2 is 1.50 bits per heavy atom. The van der Waals surface area contributed by atoms with Crippen molar-refractivity contribution in [3.05, 3.63) is 84.9 Å². The Labute approximate surface area is 190 Å². The highest BCUT2D eigenvalue weighted by Gasteiger charge is 2.19. The molecule has 1 amide bonds. The highest BCUT2D eigenvalue weighted by Crippen LogP contribution is 2.42. The number of fused-ring (bicyclic) bond motifs is 1. The number of amides is 1. The summed E-state index contributed by atoms with van der Waals surface area (Å²) in [5.41, 5.74) is 0.871. The molecule has 0 saturated carbocycles. The minimum Gasteiger partial charge on any atom is -0.506 e. The molecule has 0 aliphatic heterocycles. The number of carbonyl (C=O) groups excluding carboxylic acids is 1. The van der Waals surface area contributed by atoms with E-state index in [0.29, 0.717) is 27.0 Å². The summed E-state index contributed by atoms with van der Waals surface area (Å²) in [6, 6.07) is 24.2. The first kappa shape index (κ1) is 21.7. The van der Waals surface area contributed by atoms with Crippen LogP contribution in [0.3, 0.4) is 0 Å². The largest absolute Gasteiger partial charge is 0.506 e. The molecule has 0 spiro atoms. The quantitative estimate of drug-likeness (QED) is 0.330. The highest BCUT2D eigenvalue weighted by molar-refractivity contribution is 7.99. The molecule has 0 saturated heterocycles. The van der Waals surface area contributed by atoms with E-state index in [1.165, 1.54) is 43.0 Å². The average Bonchev–Trinajstić information content (AvgIpc) is 2.77. The van der Waals surface area contributed by atoms with Crippen LogP contribution in [0.25, 0.3) is 10.8 Å². The maximum atomic E-state index is 13.1. The molecule has 0 unspecified atom stereocenters. The first-order valence-corrected chi connectivity index (χ1v) is 12.0. The molecule has 0 bridgehead atoms. The van der Waals surface area contributed by atoms with Crippen molar-refractivity contribution in [3.63, 3.8) is 0 Å². The van der Waals surface area contributed by atoms with E-state index in [-0.39, 0.29) is 16.6 Å². The normalized spacial score (nSPS) is 11.3. The first-order chi connectivity index (χ1) is 15.3. The molecule has 32 heavy (non-hydrogen) atoms. The second-order valence-corrected chi connectivity index (χ2v) is 9.84. The summed E-state index contributed by atoms with van der Waals surface area (Å²) in [6.45, 7) is 1.38. The van der Waals surface area contributed by atoms with Crippen molar-refractivity contribution in [2.24, 2.45) is 0 Å². The third kappa shape index (κ3) is 4.71. The predicted octanol–water partition coefficient (Wildman–Crippen LogP) is 5.46. The summed E-state index contributed by atoms with van der Waals surface area (Å²) in [7, 11) is -3.91. The number of hydrogen-bond acceptors (Lipinski definition) is 5. The fourth-order valence-electron chi connectivity index (χ4n) is 3.24. The van der Waals surface area contributed by atoms with Crippen molar-refractivity contribution >= 4 is 49.8 Å². The standard InChI is InChI=1S/C24H20N2O4S2/c1-16(27)25-17-11-13-19(14-12-17)32(29,30)26-22-15-23(31-18-7-3-2-4-8-18)24(28)21-10-6-5-9-20(21)22/h2-15,26,28H,1H3,(H,25,27). The van der Waals surface area contributed by atoms with Gasteiger partial charge in [0.15, 0.2) is 0 Å². The van der Waals surface area contributed by atoms with Gasteiger partial charge in [-0.3, -0.25) is 9.52 Å². The number of hydrogen-bond donors (Lipinski definition) is 3. The topological polar surface area (TPSA) is 95.5 Å². The maximum Gasteiger partial charge on any atom is 0.261 e. The van der Waals surface area contributed by atoms with Crippen molar-refractivity contribution in [3.8, 4) is 5.75 Å². The second-order valence-electron chi connectivity index (χ2n) is 7.04. The Kier molecular flexibility index (Phi) is 6.07. The van der Waals surface area contributed by atoms with Gasteiger partial charge in [0, 0.05) is 28.3 Å². The molecule has 0 aliphatic carbocycles. The monoisotopic (exact) mass is 464 g/mol. The van der Waals surface area contributed by atoms with E-state index in [4.69, 9.17) is 0 Å². The summed E-state index contributed by atoms with van der Waals surface area (Å²) < 4.78 is 28.8. The molecule has 0 fully saturated rings. The molecule has 8 heteroatoms. The first-order valence-electron chi connectivity index (χ1n) is 9.71. The Bertz CT molecular complexity index is 1390. The van der Waals surface area contributed by atoms with Crippen LogP contribution in [0.5, 0.6) is 5.75 Å². The van der Waals surface area contributed by atoms with E-state index in [2.05, 4.69) is 10.0 Å². The maximum absolute atomic E-state index is 13.1. The summed E-state index contributed by atoms with van der Waals surface area (Å²) >= 11 is 1.35. The number of phenols is 1. The summed E-state index contributed by atoms with van der Waals surface area (Å²) in [5, 5.41) is 14.6. The van der Waals surface area contributed by atoms with Crippen LogP contribution in [0.4, 0.5) is 11.4 Å². The predicted molar refractivity (Wildman–Crippen MR) is 128 cm³/mol. The number of carbonyl (C=O) groups is 1. The smallest absolute Gasteiger partial charge is 0.261 e. The molecule has 0 aromatic heterocycles. The molecule has 0 heterocycles. The van der Waals surface area contributed by atoms with Crippen molar-refractivity contribution in [2.45, 2.75) is 21.6 Å². The SMILES string of the molecule is CC(=O)Nc1ccc(S(=O)(=O)Nc2cc(Sc3ccccc3)c(O)c3ccccc23)cc1. The highest BCUT2D eigenvalue weighted by atomic mass is 32.2. The number of anilines is 2. The van der Waals surface area contributed by atoms with Crippen molar-refractivity contribution < 1.29 is 18.3 Å². The zero-order valence-electron chi connectivity index (χ0n) is 17.1. The molecule has 0 aliphatic rings. The van der Waals surface area contributed by atoms with Gasteiger partial charge in [-0.25, -0.2) is 8.42 Å². The van der Waals surface area contributed by atoms with E-state index in [0.717, 1.165) is 4.90 Å². The van der Waals surface area contributed by atoms with Crippen LogP contribution in [0.2, 0.25) is 0 Å². The van der Waals surface area contributed by atoms with E-state index in [1.807, 2.05) is 30.3 Å². The number of nitrogens with one attached hydrogen (secondary N) is 2. The molecule has 4 aromatic carbocycles. The Balaban J connectivity index is 1.73. The lowest BCUT2D eigenvalue weighted by molar-refractivity contribution is -0.114. The van der Waals surface area contributed by atoms with E-state index < -0.39 is 10.0 Å². The lowest BCUT2D eigenvalue weighted by Crippen LogP contribution is -2.13. The Hall–Kier alpha value is -3.49. The van der Waals surface area contributed by atoms with Gasteiger partial charge in [-0.15, -0.1) is 0 Å². The number of sulfonamides is 1. The molecule has 0 atom stereocenters. The number of rotatable bonds is 6. The van der Waals surface area contributed by atoms with Crippen LogP contribution in [0.1, 0.15) is 6.92 Å². The molecular weight excluding hydrogens is 444 g/mol. The van der Waals surface area contributed by atoms with Crippen LogP contribution in [-0.4, -0.2) is 19.4 Å². The molecule has 0 radical (unpaired) electrons. The summed E-state index contributed by atoms with van der Waals surface area (Å²) in [4.78, 5) is 12.7. The Morgan fingerprint density at radius 3 is 2.16 bits per heavy atom. The van der Waals surface area contributed by atoms with Gasteiger partial charge < -0.3 is 10.4 Å². The number of benzene rings is 4. The fraction of sp³-hybridized carbons (Fsp3) is 0.0417. The molecule has 6 nitrogen and oxygen atoms in total. The van der Waals surface area contributed by atoms with Crippen molar-refractivity contribution in [2.75, 3.05) is 10.0 Å². The number of aromatic hydroxyl groups is 1. The van der Waals surface area contributed by atoms with Crippen LogP contribution in [0.15, 0.2) is 99.6 Å². The van der Waals surface area contributed by atoms with Crippen LogP contribution in [0, 0.1) is 0 Å². The second kappa shape index (κ2) is 8.94. The van der Waals surface area contributed by atoms with Crippen LogP contribution in [-0.2, 0) is 14.8 Å². The minimum absolute atomic E-state index is 0.0565. The van der Waals surface area contributed by atoms with Gasteiger partial charge >= 0.3 is 0 Å². The zero-order chi connectivity index (χ0) is 22.7. The van der Waals surface area contributed by atoms with Gasteiger partial charge in [0.05, 0.1) is 15.5 Å². The van der Waals surface area contributed by atoms with Gasteiger partial charge in [-0.1, -0.05) is 54.2 Å². The summed E-state index contributed by atoms with van der Waals surface area (Å²) in [5.74, 6) is -0.144. The lowest BCUT2D eigenvalue weighted by atomic mass is 10.1. The minimum atomic E-state index is -3.91. The molecule has 4 aromatic rings.